The van der Waals surface area contributed by atoms with Crippen molar-refractivity contribution < 1.29 is 0 Å². The van der Waals surface area contributed by atoms with Gasteiger partial charge in [-0.25, -0.2) is 0 Å². The minimum absolute atomic E-state index is 0.333. The molecule has 0 saturated carbocycles. The topological polar surface area (TPSA) is 75.9 Å². The molecule has 0 unspecified atom stereocenters. The molecule has 7 heteroatoms. The summed E-state index contributed by atoms with van der Waals surface area (Å²) in [6.45, 7) is 0. The van der Waals surface area contributed by atoms with Crippen LogP contribution in [0.3, 0.4) is 0 Å². The van der Waals surface area contributed by atoms with Crippen LogP contribution in [0.4, 0.5) is 0 Å². The number of nitrogens with two attached hydrogens (primary N) is 2. The van der Waals surface area contributed by atoms with Gasteiger partial charge in [-0.2, -0.15) is 0 Å². The molecule has 0 aliphatic rings. The van der Waals surface area contributed by atoms with Crippen LogP contribution < -0.4 is 11.5 Å². The van der Waals surface area contributed by atoms with Crippen molar-refractivity contribution in [1.82, 2.24) is 0 Å². The molecule has 0 saturated heterocycles. The van der Waals surface area contributed by atoms with Crippen molar-refractivity contribution in [2.75, 3.05) is 0 Å². The molecule has 0 fully saturated rings. The Hall–Kier alpha value is 2.38. The molecule has 0 aliphatic carbocycles. The van der Waals surface area contributed by atoms with E-state index >= 15 is 0 Å². The normalized spacial score (nSPS) is 7.50. The molecule has 0 radical (unpaired) electrons. The Labute approximate surface area is 83.7 Å². The Kier molecular flexibility index (Phi) is 15.3. The van der Waals surface area contributed by atoms with E-state index in [0.717, 1.165) is 0 Å². The molecular weight excluding hydrogens is 642 g/mol. The van der Waals surface area contributed by atoms with E-state index in [-0.39, 0.29) is 5.96 Å². The number of guanidine groups is 1. The second kappa shape index (κ2) is 9.38. The number of halogens is 3. The van der Waals surface area contributed by atoms with Gasteiger partial charge in [0.2, 0.25) is 0 Å². The fraction of sp³-hybridized carbons (Fsp3) is 0. The molecule has 8 heavy (non-hydrogen) atoms. The van der Waals surface area contributed by atoms with Crippen LogP contribution in [0.5, 0.6) is 0 Å². The van der Waals surface area contributed by atoms with Gasteiger partial charge in [0.1, 0.15) is 0 Å². The van der Waals surface area contributed by atoms with Crippen LogP contribution in [0.2, 0.25) is 0 Å². The third-order valence-electron chi connectivity index (χ3n) is 0. The molecule has 0 amide bonds. The Bertz CT molecular complexity index is 58.8. The SMILES string of the molecule is N=C(N)N.[I][PbH]([I])[I]. The predicted octanol–water partition coefficient (Wildman–Crippen LogP) is 0.847. The van der Waals surface area contributed by atoms with E-state index in [1.807, 2.05) is 0 Å². The molecule has 0 bridgehead atoms. The second-order valence-corrected chi connectivity index (χ2v) is 98.2. The number of hydrogen-bond acceptors (Lipinski definition) is 1. The van der Waals surface area contributed by atoms with Gasteiger partial charge in [0.25, 0.3) is 0 Å². The molecule has 0 heterocycles. The Morgan fingerprint density at radius 3 is 1.25 bits per heavy atom. The number of hydrogen-bond donors (Lipinski definition) is 3. The van der Waals surface area contributed by atoms with Crippen LogP contribution in [0, 0.1) is 5.41 Å². The first kappa shape index (κ1) is 13.0. The Balaban J connectivity index is 0. The van der Waals surface area contributed by atoms with E-state index in [1.54, 1.807) is 0 Å². The van der Waals surface area contributed by atoms with Gasteiger partial charge < -0.3 is 11.5 Å². The summed E-state index contributed by atoms with van der Waals surface area (Å²) in [4.78, 5) is 0. The summed E-state index contributed by atoms with van der Waals surface area (Å²) < 4.78 is 0. The Morgan fingerprint density at radius 1 is 1.25 bits per heavy atom. The van der Waals surface area contributed by atoms with E-state index in [0.29, 0.717) is 0 Å². The van der Waals surface area contributed by atoms with E-state index in [2.05, 4.69) is 64.8 Å². The molecule has 0 aromatic heterocycles. The first-order chi connectivity index (χ1) is 3.46. The van der Waals surface area contributed by atoms with Gasteiger partial charge in [0.15, 0.2) is 5.96 Å². The summed E-state index contributed by atoms with van der Waals surface area (Å²) >= 11 is 7.62. The Morgan fingerprint density at radius 2 is 1.25 bits per heavy atom. The summed E-state index contributed by atoms with van der Waals surface area (Å²) in [5.74, 6) is -0.333. The van der Waals surface area contributed by atoms with Gasteiger partial charge in [0.05, 0.1) is 0 Å². The zero-order chi connectivity index (χ0) is 7.15. The first-order valence-corrected chi connectivity index (χ1v) is 39.4. The summed E-state index contributed by atoms with van der Waals surface area (Å²) in [5.41, 5.74) is 8.94. The van der Waals surface area contributed by atoms with Crippen molar-refractivity contribution in [2.24, 2.45) is 11.5 Å². The van der Waals surface area contributed by atoms with Crippen molar-refractivity contribution in [3.05, 3.63) is 0 Å². The molecule has 0 aromatic carbocycles. The second-order valence-electron chi connectivity index (χ2n) is 0.703. The van der Waals surface area contributed by atoms with Crippen LogP contribution >= 0.6 is 53.3 Å². The molecule has 5 N–H and O–H groups in total. The third-order valence-corrected chi connectivity index (χ3v) is 0. The fourth-order valence-electron chi connectivity index (χ4n) is 0. The molecule has 3 nitrogen and oxygen atoms in total. The standard InChI is InChI=1S/CH5N3.3HI.Pb.H/c2-1(3)4;;;;;/h(H5,2,3,4);3*1H;;/q;;;;+3;/p-3. The first-order valence-electron chi connectivity index (χ1n) is 1.48. The predicted molar refractivity (Wildman–Crippen MR) is 65.3 cm³/mol. The maximum absolute atomic E-state index is 6.06. The monoisotopic (exact) mass is 649 g/mol. The summed E-state index contributed by atoms with van der Waals surface area (Å²) in [7, 11) is -0.812. The molecule has 0 rings (SSSR count). The maximum atomic E-state index is 6.06. The van der Waals surface area contributed by atoms with Crippen LogP contribution in [-0.2, 0) is 0 Å². The summed E-state index contributed by atoms with van der Waals surface area (Å²) in [6.07, 6.45) is 0. The van der Waals surface area contributed by atoms with Crippen molar-refractivity contribution in [2.45, 2.75) is 0 Å². The van der Waals surface area contributed by atoms with Gasteiger partial charge in [-0.15, -0.1) is 0 Å². The molecule has 50 valence electrons. The molecule has 0 aliphatic heterocycles. The third kappa shape index (κ3) is 80.5. The average Bonchev–Trinajstić information content (AvgIpc) is 1.25. The van der Waals surface area contributed by atoms with E-state index in [9.17, 15) is 0 Å². The number of nitrogens with one attached hydrogen (secondary N) is 1. The summed E-state index contributed by atoms with van der Waals surface area (Å²) in [5, 5.41) is 6.06. The quantitative estimate of drug-likeness (QED) is 0.158. The molecular formula is CH6I3N3Pb. The van der Waals surface area contributed by atoms with Crippen molar-refractivity contribution in [1.29, 1.82) is 5.41 Å². The average molecular weight is 648 g/mol. The van der Waals surface area contributed by atoms with Gasteiger partial charge >= 0.3 is 63.1 Å². The van der Waals surface area contributed by atoms with Gasteiger partial charge in [0, 0.05) is 0 Å². The van der Waals surface area contributed by atoms with Crippen LogP contribution in [0.15, 0.2) is 0 Å². The van der Waals surface area contributed by atoms with E-state index in [1.165, 1.54) is 0 Å². The van der Waals surface area contributed by atoms with Crippen LogP contribution in [-0.4, -0.2) is 15.8 Å². The molecule has 0 spiro atoms. The van der Waals surface area contributed by atoms with E-state index in [4.69, 9.17) is 5.41 Å². The van der Waals surface area contributed by atoms with Gasteiger partial charge in [-0.05, 0) is 0 Å². The van der Waals surface area contributed by atoms with Gasteiger partial charge in [-0.3, -0.25) is 5.41 Å². The van der Waals surface area contributed by atoms with Crippen LogP contribution in [0.1, 0.15) is 0 Å². The summed E-state index contributed by atoms with van der Waals surface area (Å²) in [6, 6.07) is 0. The van der Waals surface area contributed by atoms with Gasteiger partial charge in [-0.1, -0.05) is 0 Å². The minimum atomic E-state index is -0.812. The zero-order valence-electron chi connectivity index (χ0n) is 3.87. The van der Waals surface area contributed by atoms with Crippen molar-refractivity contribution >= 4 is 69.1 Å². The van der Waals surface area contributed by atoms with Crippen molar-refractivity contribution in [3.63, 3.8) is 0 Å². The number of rotatable bonds is 0. The zero-order valence-corrected chi connectivity index (χ0v) is 14.8. The fourth-order valence-corrected chi connectivity index (χ4v) is 0. The van der Waals surface area contributed by atoms with Crippen molar-refractivity contribution in [3.8, 4) is 0 Å². The molecule has 0 aromatic rings. The van der Waals surface area contributed by atoms with Crippen LogP contribution in [0.25, 0.3) is 0 Å². The van der Waals surface area contributed by atoms with E-state index < -0.39 is 9.82 Å². The molecule has 0 atom stereocenters.